The standard InChI is InChI=1S/C27H29N5O3/c1-17(2)26-25-22(21-9-4-5-10-23(21)30-25)11-12-31(26)27(34)18-7-6-8-20(13-18)32-15-19(14-28-32)29-24(33)16-35-3/h4-10,13-15,17,26,30H,11-12,16H2,1-3H3,(H,29,33)/t26-/m0/s1. The first-order valence-corrected chi connectivity index (χ1v) is 11.8. The Morgan fingerprint density at radius 2 is 2.03 bits per heavy atom. The molecular weight excluding hydrogens is 442 g/mol. The third kappa shape index (κ3) is 4.33. The molecule has 2 amide bonds. The van der Waals surface area contributed by atoms with Crippen LogP contribution in [0, 0.1) is 5.92 Å². The summed E-state index contributed by atoms with van der Waals surface area (Å²) in [4.78, 5) is 31.1. The Morgan fingerprint density at radius 3 is 2.83 bits per heavy atom. The molecule has 0 unspecified atom stereocenters. The number of hydrogen-bond acceptors (Lipinski definition) is 4. The Morgan fingerprint density at radius 1 is 1.20 bits per heavy atom. The van der Waals surface area contributed by atoms with Crippen molar-refractivity contribution in [2.24, 2.45) is 5.92 Å². The van der Waals surface area contributed by atoms with E-state index in [9.17, 15) is 9.59 Å². The molecule has 8 nitrogen and oxygen atoms in total. The summed E-state index contributed by atoms with van der Waals surface area (Å²) in [5, 5.41) is 8.32. The molecule has 0 saturated carbocycles. The second-order valence-corrected chi connectivity index (χ2v) is 9.21. The maximum atomic E-state index is 13.8. The number of methoxy groups -OCH3 is 1. The zero-order valence-electron chi connectivity index (χ0n) is 20.1. The van der Waals surface area contributed by atoms with Gasteiger partial charge >= 0.3 is 0 Å². The van der Waals surface area contributed by atoms with Crippen molar-refractivity contribution in [2.75, 3.05) is 25.6 Å². The SMILES string of the molecule is COCC(=O)Nc1cnn(-c2cccc(C(=O)N3CCc4c([nH]c5ccccc45)[C@@H]3C(C)C)c2)c1. The van der Waals surface area contributed by atoms with Gasteiger partial charge in [-0.15, -0.1) is 0 Å². The zero-order chi connectivity index (χ0) is 24.5. The van der Waals surface area contributed by atoms with Gasteiger partial charge in [0, 0.05) is 35.8 Å². The van der Waals surface area contributed by atoms with Crippen LogP contribution in [0.25, 0.3) is 16.6 Å². The first-order chi connectivity index (χ1) is 17.0. The van der Waals surface area contributed by atoms with Gasteiger partial charge in [0.05, 0.1) is 29.8 Å². The molecule has 0 bridgehead atoms. The number of H-pyrrole nitrogens is 1. The van der Waals surface area contributed by atoms with E-state index in [1.807, 2.05) is 35.2 Å². The van der Waals surface area contributed by atoms with Crippen molar-refractivity contribution >= 4 is 28.4 Å². The molecule has 35 heavy (non-hydrogen) atoms. The number of aromatic amines is 1. The number of nitrogens with one attached hydrogen (secondary N) is 2. The van der Waals surface area contributed by atoms with Gasteiger partial charge in [0.25, 0.3) is 5.91 Å². The van der Waals surface area contributed by atoms with Gasteiger partial charge < -0.3 is 19.9 Å². The second-order valence-electron chi connectivity index (χ2n) is 9.21. The first-order valence-electron chi connectivity index (χ1n) is 11.8. The lowest BCUT2D eigenvalue weighted by Crippen LogP contribution is -2.42. The number of benzene rings is 2. The second kappa shape index (κ2) is 9.38. The number of hydrogen-bond donors (Lipinski definition) is 2. The molecule has 8 heteroatoms. The van der Waals surface area contributed by atoms with Crippen LogP contribution >= 0.6 is 0 Å². The molecule has 180 valence electrons. The number of aromatic nitrogens is 3. The number of ether oxygens (including phenoxy) is 1. The number of rotatable bonds is 6. The van der Waals surface area contributed by atoms with Crippen LogP contribution in [0.15, 0.2) is 60.9 Å². The highest BCUT2D eigenvalue weighted by atomic mass is 16.5. The van der Waals surface area contributed by atoms with Crippen molar-refractivity contribution < 1.29 is 14.3 Å². The average molecular weight is 472 g/mol. The van der Waals surface area contributed by atoms with E-state index in [-0.39, 0.29) is 30.4 Å². The highest BCUT2D eigenvalue weighted by Crippen LogP contribution is 2.39. The van der Waals surface area contributed by atoms with Crippen LogP contribution in [0.1, 0.15) is 41.5 Å². The highest BCUT2D eigenvalue weighted by molar-refractivity contribution is 5.96. The third-order valence-electron chi connectivity index (χ3n) is 6.47. The third-order valence-corrected chi connectivity index (χ3v) is 6.47. The van der Waals surface area contributed by atoms with E-state index in [1.165, 1.54) is 18.1 Å². The van der Waals surface area contributed by atoms with E-state index < -0.39 is 0 Å². The molecule has 0 radical (unpaired) electrons. The molecule has 0 aliphatic carbocycles. The molecule has 3 heterocycles. The fourth-order valence-electron chi connectivity index (χ4n) is 4.99. The molecule has 0 saturated heterocycles. The average Bonchev–Trinajstić information content (AvgIpc) is 3.47. The summed E-state index contributed by atoms with van der Waals surface area (Å²) >= 11 is 0. The normalized spacial score (nSPS) is 15.4. The molecule has 5 rings (SSSR count). The van der Waals surface area contributed by atoms with Gasteiger partial charge in [0.2, 0.25) is 5.91 Å². The monoisotopic (exact) mass is 471 g/mol. The topological polar surface area (TPSA) is 92.2 Å². The minimum atomic E-state index is -0.253. The minimum Gasteiger partial charge on any atom is -0.375 e. The van der Waals surface area contributed by atoms with Crippen LogP contribution in [0.2, 0.25) is 0 Å². The predicted octanol–water partition coefficient (Wildman–Crippen LogP) is 4.33. The van der Waals surface area contributed by atoms with E-state index in [1.54, 1.807) is 17.1 Å². The van der Waals surface area contributed by atoms with Gasteiger partial charge in [0.1, 0.15) is 6.61 Å². The van der Waals surface area contributed by atoms with Gasteiger partial charge in [-0.1, -0.05) is 38.1 Å². The fraction of sp³-hybridized carbons (Fsp3) is 0.296. The maximum absolute atomic E-state index is 13.8. The molecule has 0 spiro atoms. The summed E-state index contributed by atoms with van der Waals surface area (Å²) < 4.78 is 6.49. The quantitative estimate of drug-likeness (QED) is 0.438. The van der Waals surface area contributed by atoms with Crippen molar-refractivity contribution in [3.05, 3.63) is 77.7 Å². The highest BCUT2D eigenvalue weighted by Gasteiger charge is 2.35. The van der Waals surface area contributed by atoms with Crippen LogP contribution < -0.4 is 5.32 Å². The Kier molecular flexibility index (Phi) is 6.13. The zero-order valence-corrected chi connectivity index (χ0v) is 20.1. The maximum Gasteiger partial charge on any atom is 0.254 e. The van der Waals surface area contributed by atoms with Crippen LogP contribution in [0.4, 0.5) is 5.69 Å². The molecule has 1 aliphatic rings. The summed E-state index contributed by atoms with van der Waals surface area (Å²) in [5.74, 6) is -0.00795. The molecule has 1 aliphatic heterocycles. The Bertz CT molecular complexity index is 1390. The number of amides is 2. The molecule has 4 aromatic rings. The summed E-state index contributed by atoms with van der Waals surface area (Å²) in [7, 11) is 1.47. The van der Waals surface area contributed by atoms with Crippen LogP contribution in [-0.2, 0) is 16.0 Å². The number of fused-ring (bicyclic) bond motifs is 3. The van der Waals surface area contributed by atoms with E-state index >= 15 is 0 Å². The smallest absolute Gasteiger partial charge is 0.254 e. The Labute approximate surface area is 203 Å². The summed E-state index contributed by atoms with van der Waals surface area (Å²) in [5.41, 5.74) is 5.48. The molecule has 2 aromatic heterocycles. The molecule has 1 atom stereocenters. The largest absolute Gasteiger partial charge is 0.375 e. The summed E-state index contributed by atoms with van der Waals surface area (Å²) in [6.07, 6.45) is 4.10. The molecule has 2 aromatic carbocycles. The fourth-order valence-corrected chi connectivity index (χ4v) is 4.99. The lowest BCUT2D eigenvalue weighted by molar-refractivity contribution is -0.119. The van der Waals surface area contributed by atoms with Gasteiger partial charge in [-0.2, -0.15) is 5.10 Å². The van der Waals surface area contributed by atoms with E-state index in [2.05, 4.69) is 47.4 Å². The van der Waals surface area contributed by atoms with Crippen LogP contribution in [-0.4, -0.2) is 51.7 Å². The van der Waals surface area contributed by atoms with E-state index in [4.69, 9.17) is 4.74 Å². The van der Waals surface area contributed by atoms with Crippen LogP contribution in [0.5, 0.6) is 0 Å². The number of carbonyl (C=O) groups excluding carboxylic acids is 2. The lowest BCUT2D eigenvalue weighted by atomic mass is 9.89. The van der Waals surface area contributed by atoms with Crippen molar-refractivity contribution in [1.82, 2.24) is 19.7 Å². The van der Waals surface area contributed by atoms with Gasteiger partial charge in [-0.05, 0) is 42.2 Å². The predicted molar refractivity (Wildman–Crippen MR) is 135 cm³/mol. The first kappa shape index (κ1) is 22.9. The summed E-state index contributed by atoms with van der Waals surface area (Å²) in [6, 6.07) is 15.7. The minimum absolute atomic E-state index is 0.00404. The molecular formula is C27H29N5O3. The van der Waals surface area contributed by atoms with Crippen molar-refractivity contribution in [3.63, 3.8) is 0 Å². The Balaban J connectivity index is 1.42. The van der Waals surface area contributed by atoms with Gasteiger partial charge in [-0.3, -0.25) is 9.59 Å². The molecule has 2 N–H and O–H groups in total. The van der Waals surface area contributed by atoms with Crippen LogP contribution in [0.3, 0.4) is 0 Å². The number of para-hydroxylation sites is 1. The van der Waals surface area contributed by atoms with E-state index in [0.717, 1.165) is 23.3 Å². The number of nitrogens with zero attached hydrogens (tertiary/aromatic N) is 3. The summed E-state index contributed by atoms with van der Waals surface area (Å²) in [6.45, 7) is 4.95. The van der Waals surface area contributed by atoms with Crippen molar-refractivity contribution in [1.29, 1.82) is 0 Å². The van der Waals surface area contributed by atoms with E-state index in [0.29, 0.717) is 17.8 Å². The lowest BCUT2D eigenvalue weighted by Gasteiger charge is -2.38. The van der Waals surface area contributed by atoms with Gasteiger partial charge in [-0.25, -0.2) is 4.68 Å². The van der Waals surface area contributed by atoms with Crippen molar-refractivity contribution in [2.45, 2.75) is 26.3 Å². The van der Waals surface area contributed by atoms with Crippen molar-refractivity contribution in [3.8, 4) is 5.69 Å². The number of anilines is 1. The number of carbonyl (C=O) groups is 2. The molecule has 0 fully saturated rings. The van der Waals surface area contributed by atoms with Gasteiger partial charge in [0.15, 0.2) is 0 Å². The Hall–Kier alpha value is -3.91.